The Labute approximate surface area is 115 Å². The molecule has 1 saturated heterocycles. The van der Waals surface area contributed by atoms with E-state index in [1.807, 2.05) is 12.1 Å². The van der Waals surface area contributed by atoms with Gasteiger partial charge in [-0.1, -0.05) is 19.1 Å². The van der Waals surface area contributed by atoms with Crippen molar-refractivity contribution in [3.63, 3.8) is 0 Å². The Hall–Kier alpha value is -1.10. The van der Waals surface area contributed by atoms with Crippen molar-refractivity contribution in [2.75, 3.05) is 39.5 Å². The average Bonchev–Trinajstić information content (AvgIpc) is 2.48. The lowest BCUT2D eigenvalue weighted by atomic mass is 10.1. The van der Waals surface area contributed by atoms with Crippen LogP contribution < -0.4 is 10.5 Å². The quantitative estimate of drug-likeness (QED) is 0.851. The molecule has 1 aromatic carbocycles. The van der Waals surface area contributed by atoms with Crippen LogP contribution >= 0.6 is 0 Å². The van der Waals surface area contributed by atoms with Crippen molar-refractivity contribution < 1.29 is 9.47 Å². The van der Waals surface area contributed by atoms with Gasteiger partial charge in [-0.3, -0.25) is 4.90 Å². The molecule has 0 aromatic heterocycles. The maximum Gasteiger partial charge on any atom is 0.119 e. The van der Waals surface area contributed by atoms with Gasteiger partial charge in [-0.25, -0.2) is 0 Å². The van der Waals surface area contributed by atoms with Crippen molar-refractivity contribution in [1.29, 1.82) is 0 Å². The van der Waals surface area contributed by atoms with E-state index >= 15 is 0 Å². The van der Waals surface area contributed by atoms with Gasteiger partial charge < -0.3 is 15.2 Å². The second-order valence-electron chi connectivity index (χ2n) is 4.89. The SMILES string of the molecule is CCC(N)c1ccc(OCCN2CCOCC2)cc1. The summed E-state index contributed by atoms with van der Waals surface area (Å²) in [7, 11) is 0. The zero-order valence-corrected chi connectivity index (χ0v) is 11.7. The highest BCUT2D eigenvalue weighted by atomic mass is 16.5. The van der Waals surface area contributed by atoms with E-state index in [0.29, 0.717) is 0 Å². The molecule has 0 spiro atoms. The van der Waals surface area contributed by atoms with E-state index in [-0.39, 0.29) is 6.04 Å². The second kappa shape index (κ2) is 7.48. The van der Waals surface area contributed by atoms with Crippen molar-refractivity contribution in [2.24, 2.45) is 5.73 Å². The minimum absolute atomic E-state index is 0.127. The molecular formula is C15H24N2O2. The highest BCUT2D eigenvalue weighted by Gasteiger charge is 2.09. The molecule has 1 fully saturated rings. The van der Waals surface area contributed by atoms with Crippen LogP contribution in [0.4, 0.5) is 0 Å². The molecule has 1 unspecified atom stereocenters. The number of hydrogen-bond acceptors (Lipinski definition) is 4. The van der Waals surface area contributed by atoms with Gasteiger partial charge in [-0.05, 0) is 24.1 Å². The molecule has 4 nitrogen and oxygen atoms in total. The number of rotatable bonds is 6. The van der Waals surface area contributed by atoms with Crippen LogP contribution in [0, 0.1) is 0 Å². The molecule has 19 heavy (non-hydrogen) atoms. The molecule has 2 N–H and O–H groups in total. The first kappa shape index (κ1) is 14.3. The smallest absolute Gasteiger partial charge is 0.119 e. The van der Waals surface area contributed by atoms with Crippen molar-refractivity contribution in [3.8, 4) is 5.75 Å². The number of benzene rings is 1. The average molecular weight is 264 g/mol. The largest absolute Gasteiger partial charge is 0.492 e. The summed E-state index contributed by atoms with van der Waals surface area (Å²) in [4.78, 5) is 2.37. The topological polar surface area (TPSA) is 47.7 Å². The molecule has 2 rings (SSSR count). The van der Waals surface area contributed by atoms with Crippen molar-refractivity contribution in [3.05, 3.63) is 29.8 Å². The van der Waals surface area contributed by atoms with Gasteiger partial charge in [0.15, 0.2) is 0 Å². The summed E-state index contributed by atoms with van der Waals surface area (Å²) in [5.74, 6) is 0.917. The molecule has 0 radical (unpaired) electrons. The molecule has 1 aromatic rings. The lowest BCUT2D eigenvalue weighted by Crippen LogP contribution is -2.38. The summed E-state index contributed by atoms with van der Waals surface area (Å²) in [5.41, 5.74) is 7.15. The molecule has 1 aliphatic heterocycles. The van der Waals surface area contributed by atoms with Crippen LogP contribution in [0.25, 0.3) is 0 Å². The lowest BCUT2D eigenvalue weighted by Gasteiger charge is -2.26. The fourth-order valence-corrected chi connectivity index (χ4v) is 2.16. The summed E-state index contributed by atoms with van der Waals surface area (Å²) in [6.07, 6.45) is 0.956. The van der Waals surface area contributed by atoms with Gasteiger partial charge >= 0.3 is 0 Å². The molecule has 0 aliphatic carbocycles. The maximum absolute atomic E-state index is 5.98. The Morgan fingerprint density at radius 2 is 1.95 bits per heavy atom. The van der Waals surface area contributed by atoms with E-state index in [4.69, 9.17) is 15.2 Å². The van der Waals surface area contributed by atoms with E-state index in [1.165, 1.54) is 5.56 Å². The molecule has 1 atom stereocenters. The van der Waals surface area contributed by atoms with Gasteiger partial charge in [0, 0.05) is 25.7 Å². The molecule has 4 heteroatoms. The molecule has 0 saturated carbocycles. The summed E-state index contributed by atoms with van der Waals surface area (Å²) in [6.45, 7) is 7.46. The predicted molar refractivity (Wildman–Crippen MR) is 76.4 cm³/mol. The summed E-state index contributed by atoms with van der Waals surface area (Å²) in [5, 5.41) is 0. The van der Waals surface area contributed by atoms with Gasteiger partial charge in [-0.2, -0.15) is 0 Å². The zero-order chi connectivity index (χ0) is 13.5. The van der Waals surface area contributed by atoms with E-state index in [0.717, 1.165) is 51.6 Å². The third-order valence-corrected chi connectivity index (χ3v) is 3.53. The fraction of sp³-hybridized carbons (Fsp3) is 0.600. The summed E-state index contributed by atoms with van der Waals surface area (Å²) < 4.78 is 11.1. The van der Waals surface area contributed by atoms with Crippen LogP contribution in [0.3, 0.4) is 0 Å². The highest BCUT2D eigenvalue weighted by molar-refractivity contribution is 5.28. The van der Waals surface area contributed by atoms with Gasteiger partial charge in [0.2, 0.25) is 0 Å². The van der Waals surface area contributed by atoms with Crippen molar-refractivity contribution in [1.82, 2.24) is 4.90 Å². The Morgan fingerprint density at radius 3 is 2.58 bits per heavy atom. The van der Waals surface area contributed by atoms with E-state index in [2.05, 4.69) is 24.0 Å². The first-order valence-corrected chi connectivity index (χ1v) is 7.08. The molecule has 1 aliphatic rings. The molecule has 0 bridgehead atoms. The Morgan fingerprint density at radius 1 is 1.26 bits per heavy atom. The number of nitrogens with zero attached hydrogens (tertiary/aromatic N) is 1. The Kier molecular flexibility index (Phi) is 5.63. The molecule has 0 amide bonds. The summed E-state index contributed by atoms with van der Waals surface area (Å²) >= 11 is 0. The van der Waals surface area contributed by atoms with Crippen LogP contribution in [0.2, 0.25) is 0 Å². The first-order valence-electron chi connectivity index (χ1n) is 7.08. The van der Waals surface area contributed by atoms with Crippen LogP contribution in [-0.2, 0) is 4.74 Å². The minimum atomic E-state index is 0.127. The molecular weight excluding hydrogens is 240 g/mol. The first-order chi connectivity index (χ1) is 9.29. The van der Waals surface area contributed by atoms with E-state index in [9.17, 15) is 0 Å². The lowest BCUT2D eigenvalue weighted by molar-refractivity contribution is 0.0322. The number of morpholine rings is 1. The maximum atomic E-state index is 5.98. The predicted octanol–water partition coefficient (Wildman–Crippen LogP) is 1.81. The minimum Gasteiger partial charge on any atom is -0.492 e. The van der Waals surface area contributed by atoms with Crippen LogP contribution in [0.15, 0.2) is 24.3 Å². The molecule has 106 valence electrons. The van der Waals surface area contributed by atoms with Gasteiger partial charge in [0.25, 0.3) is 0 Å². The van der Waals surface area contributed by atoms with Crippen LogP contribution in [0.5, 0.6) is 5.75 Å². The van der Waals surface area contributed by atoms with Crippen LogP contribution in [0.1, 0.15) is 24.9 Å². The summed E-state index contributed by atoms with van der Waals surface area (Å²) in [6, 6.07) is 8.24. The van der Waals surface area contributed by atoms with Crippen molar-refractivity contribution >= 4 is 0 Å². The second-order valence-corrected chi connectivity index (χ2v) is 4.89. The zero-order valence-electron chi connectivity index (χ0n) is 11.7. The van der Waals surface area contributed by atoms with Crippen LogP contribution in [-0.4, -0.2) is 44.4 Å². The fourth-order valence-electron chi connectivity index (χ4n) is 2.16. The number of nitrogens with two attached hydrogens (primary N) is 1. The van der Waals surface area contributed by atoms with Gasteiger partial charge in [0.1, 0.15) is 12.4 Å². The standard InChI is InChI=1S/C15H24N2O2/c1-2-15(16)13-3-5-14(6-4-13)19-12-9-17-7-10-18-11-8-17/h3-6,15H,2,7-12,16H2,1H3. The number of hydrogen-bond donors (Lipinski definition) is 1. The van der Waals surface area contributed by atoms with E-state index in [1.54, 1.807) is 0 Å². The Balaban J connectivity index is 1.73. The Bertz CT molecular complexity index is 361. The normalized spacial score (nSPS) is 18.2. The third kappa shape index (κ3) is 4.49. The monoisotopic (exact) mass is 264 g/mol. The number of ether oxygens (including phenoxy) is 2. The van der Waals surface area contributed by atoms with Gasteiger partial charge in [0.05, 0.1) is 13.2 Å². The highest BCUT2D eigenvalue weighted by Crippen LogP contribution is 2.18. The molecule has 1 heterocycles. The van der Waals surface area contributed by atoms with Crippen molar-refractivity contribution in [2.45, 2.75) is 19.4 Å². The van der Waals surface area contributed by atoms with Gasteiger partial charge in [-0.15, -0.1) is 0 Å². The third-order valence-electron chi connectivity index (χ3n) is 3.53. The van der Waals surface area contributed by atoms with E-state index < -0.39 is 0 Å².